The molecule has 140 valence electrons. The summed E-state index contributed by atoms with van der Waals surface area (Å²) in [7, 11) is 0. The zero-order valence-corrected chi connectivity index (χ0v) is 16.5. The van der Waals surface area contributed by atoms with E-state index in [1.807, 2.05) is 37.3 Å². The van der Waals surface area contributed by atoms with E-state index in [9.17, 15) is 4.79 Å². The smallest absolute Gasteiger partial charge is 0.293 e. The van der Waals surface area contributed by atoms with Crippen LogP contribution in [0.25, 0.3) is 5.69 Å². The van der Waals surface area contributed by atoms with E-state index < -0.39 is 0 Å². The van der Waals surface area contributed by atoms with Crippen molar-refractivity contribution in [3.8, 4) is 5.69 Å². The molecule has 0 aliphatic heterocycles. The molecule has 5 nitrogen and oxygen atoms in total. The summed E-state index contributed by atoms with van der Waals surface area (Å²) in [6.45, 7) is 10.4. The number of benzene rings is 2. The van der Waals surface area contributed by atoms with Crippen LogP contribution < -0.4 is 5.56 Å². The molecule has 0 amide bonds. The summed E-state index contributed by atoms with van der Waals surface area (Å²) >= 11 is 0. The summed E-state index contributed by atoms with van der Waals surface area (Å²) in [5.41, 5.74) is 4.76. The minimum atomic E-state index is -0.199. The van der Waals surface area contributed by atoms with E-state index in [2.05, 4.69) is 61.2 Å². The molecule has 0 aliphatic carbocycles. The molecule has 3 rings (SSSR count). The Labute approximate surface area is 159 Å². The molecule has 0 saturated carbocycles. The van der Waals surface area contributed by atoms with Crippen molar-refractivity contribution in [2.45, 2.75) is 46.5 Å². The summed E-state index contributed by atoms with van der Waals surface area (Å²) in [5, 5.41) is 12.0. The van der Waals surface area contributed by atoms with Crippen LogP contribution in [0, 0.1) is 6.92 Å². The largest absolute Gasteiger partial charge is 0.299 e. The van der Waals surface area contributed by atoms with Crippen molar-refractivity contribution in [1.82, 2.24) is 9.78 Å². The van der Waals surface area contributed by atoms with E-state index >= 15 is 0 Å². The van der Waals surface area contributed by atoms with Gasteiger partial charge < -0.3 is 0 Å². The fourth-order valence-electron chi connectivity index (χ4n) is 3.14. The maximum Gasteiger partial charge on any atom is 0.299 e. The van der Waals surface area contributed by atoms with E-state index in [1.165, 1.54) is 4.68 Å². The summed E-state index contributed by atoms with van der Waals surface area (Å²) < 4.78 is 1.50. The lowest BCUT2D eigenvalue weighted by molar-refractivity contribution is 0.829. The average molecular weight is 362 g/mol. The number of aromatic nitrogens is 2. The fourth-order valence-corrected chi connectivity index (χ4v) is 3.14. The molecule has 1 aromatic heterocycles. The van der Waals surface area contributed by atoms with Crippen LogP contribution in [0.2, 0.25) is 0 Å². The number of aromatic amines is 1. The molecule has 0 saturated heterocycles. The lowest BCUT2D eigenvalue weighted by atomic mass is 9.93. The SMILES string of the molecule is Cc1[nH]n(-c2ccccc2)c(=O)c1N=Nc1c(C(C)C)cccc1C(C)C. The van der Waals surface area contributed by atoms with Gasteiger partial charge in [-0.15, -0.1) is 10.2 Å². The number of hydrogen-bond acceptors (Lipinski definition) is 3. The van der Waals surface area contributed by atoms with Crippen molar-refractivity contribution in [3.05, 3.63) is 75.7 Å². The van der Waals surface area contributed by atoms with Crippen LogP contribution in [0.4, 0.5) is 11.4 Å². The van der Waals surface area contributed by atoms with Crippen LogP contribution >= 0.6 is 0 Å². The minimum absolute atomic E-state index is 0.199. The topological polar surface area (TPSA) is 62.5 Å². The predicted octanol–water partition coefficient (Wildman–Crippen LogP) is 6.14. The Morgan fingerprint density at radius 3 is 1.93 bits per heavy atom. The van der Waals surface area contributed by atoms with Gasteiger partial charge in [0.05, 0.1) is 17.1 Å². The molecule has 3 aromatic rings. The van der Waals surface area contributed by atoms with Crippen molar-refractivity contribution < 1.29 is 0 Å². The van der Waals surface area contributed by atoms with Gasteiger partial charge in [-0.1, -0.05) is 64.1 Å². The number of rotatable bonds is 5. The maximum absolute atomic E-state index is 12.8. The number of H-pyrrole nitrogens is 1. The number of nitrogens with zero attached hydrogens (tertiary/aromatic N) is 3. The second kappa shape index (κ2) is 7.74. The predicted molar refractivity (Wildman–Crippen MR) is 110 cm³/mol. The summed E-state index contributed by atoms with van der Waals surface area (Å²) in [4.78, 5) is 12.8. The zero-order chi connectivity index (χ0) is 19.6. The monoisotopic (exact) mass is 362 g/mol. The summed E-state index contributed by atoms with van der Waals surface area (Å²) in [5.74, 6) is 0.650. The van der Waals surface area contributed by atoms with Crippen LogP contribution in [-0.2, 0) is 0 Å². The normalized spacial score (nSPS) is 11.8. The number of aryl methyl sites for hydroxylation is 1. The fraction of sp³-hybridized carbons (Fsp3) is 0.318. The van der Waals surface area contributed by atoms with Gasteiger partial charge in [0.1, 0.15) is 0 Å². The highest BCUT2D eigenvalue weighted by atomic mass is 16.1. The van der Waals surface area contributed by atoms with E-state index in [4.69, 9.17) is 0 Å². The second-order valence-electron chi connectivity index (χ2n) is 7.36. The van der Waals surface area contributed by atoms with Crippen molar-refractivity contribution in [3.63, 3.8) is 0 Å². The first-order valence-electron chi connectivity index (χ1n) is 9.31. The van der Waals surface area contributed by atoms with Gasteiger partial charge in [0, 0.05) is 0 Å². The lowest BCUT2D eigenvalue weighted by Crippen LogP contribution is -2.13. The van der Waals surface area contributed by atoms with Gasteiger partial charge in [0.2, 0.25) is 0 Å². The molecule has 0 atom stereocenters. The molecule has 1 heterocycles. The van der Waals surface area contributed by atoms with Gasteiger partial charge in [-0.3, -0.25) is 9.89 Å². The number of nitrogens with one attached hydrogen (secondary N) is 1. The van der Waals surface area contributed by atoms with Gasteiger partial charge >= 0.3 is 0 Å². The molecule has 27 heavy (non-hydrogen) atoms. The van der Waals surface area contributed by atoms with E-state index in [0.717, 1.165) is 22.5 Å². The standard InChI is InChI=1S/C22H26N4O/c1-14(2)18-12-9-13-19(15(3)4)21(18)24-23-20-16(5)25-26(22(20)27)17-10-7-6-8-11-17/h6-15,25H,1-5H3. The second-order valence-corrected chi connectivity index (χ2v) is 7.36. The first-order chi connectivity index (χ1) is 12.9. The molecule has 0 fully saturated rings. The summed E-state index contributed by atoms with van der Waals surface area (Å²) in [6, 6.07) is 15.7. The third-order valence-electron chi connectivity index (χ3n) is 4.65. The van der Waals surface area contributed by atoms with Gasteiger partial charge in [-0.2, -0.15) is 0 Å². The van der Waals surface area contributed by atoms with E-state index in [0.29, 0.717) is 23.2 Å². The van der Waals surface area contributed by atoms with Gasteiger partial charge in [0.25, 0.3) is 5.56 Å². The molecular weight excluding hydrogens is 336 g/mol. The highest BCUT2D eigenvalue weighted by Gasteiger charge is 2.15. The van der Waals surface area contributed by atoms with Crippen molar-refractivity contribution >= 4 is 11.4 Å². The van der Waals surface area contributed by atoms with E-state index in [-0.39, 0.29) is 5.56 Å². The average Bonchev–Trinajstić information content (AvgIpc) is 2.94. The molecule has 2 aromatic carbocycles. The molecule has 0 bridgehead atoms. The molecular formula is C22H26N4O. The third-order valence-corrected chi connectivity index (χ3v) is 4.65. The molecule has 0 radical (unpaired) electrons. The first kappa shape index (κ1) is 18.8. The van der Waals surface area contributed by atoms with Crippen molar-refractivity contribution in [2.24, 2.45) is 10.2 Å². The Kier molecular flexibility index (Phi) is 5.40. The first-order valence-corrected chi connectivity index (χ1v) is 9.31. The van der Waals surface area contributed by atoms with Crippen LogP contribution in [0.1, 0.15) is 56.4 Å². The van der Waals surface area contributed by atoms with Gasteiger partial charge in [-0.05, 0) is 42.0 Å². The van der Waals surface area contributed by atoms with Gasteiger partial charge in [0.15, 0.2) is 5.69 Å². The molecule has 0 aliphatic rings. The quantitative estimate of drug-likeness (QED) is 0.545. The Balaban J connectivity index is 2.08. The number of para-hydroxylation sites is 1. The molecule has 0 unspecified atom stereocenters. The maximum atomic E-state index is 12.8. The van der Waals surface area contributed by atoms with Crippen molar-refractivity contribution in [2.75, 3.05) is 0 Å². The minimum Gasteiger partial charge on any atom is -0.293 e. The lowest BCUT2D eigenvalue weighted by Gasteiger charge is -2.15. The van der Waals surface area contributed by atoms with Crippen LogP contribution in [0.5, 0.6) is 0 Å². The molecule has 1 N–H and O–H groups in total. The summed E-state index contributed by atoms with van der Waals surface area (Å²) in [6.07, 6.45) is 0. The molecule has 0 spiro atoms. The van der Waals surface area contributed by atoms with Crippen LogP contribution in [0.3, 0.4) is 0 Å². The van der Waals surface area contributed by atoms with Crippen LogP contribution in [-0.4, -0.2) is 9.78 Å². The highest BCUT2D eigenvalue weighted by Crippen LogP contribution is 2.35. The Bertz CT molecular complexity index is 984. The number of hydrogen-bond donors (Lipinski definition) is 1. The Morgan fingerprint density at radius 2 is 1.37 bits per heavy atom. The third kappa shape index (κ3) is 3.77. The highest BCUT2D eigenvalue weighted by molar-refractivity contribution is 5.56. The van der Waals surface area contributed by atoms with Crippen molar-refractivity contribution in [1.29, 1.82) is 0 Å². The van der Waals surface area contributed by atoms with Crippen LogP contribution in [0.15, 0.2) is 63.6 Å². The zero-order valence-electron chi connectivity index (χ0n) is 16.5. The molecule has 5 heteroatoms. The van der Waals surface area contributed by atoms with Gasteiger partial charge in [-0.25, -0.2) is 4.68 Å². The Morgan fingerprint density at radius 1 is 0.815 bits per heavy atom. The number of azo groups is 1. The Hall–Kier alpha value is -2.95. The van der Waals surface area contributed by atoms with E-state index in [1.54, 1.807) is 0 Å².